The molecule has 1 aliphatic heterocycles. The summed E-state index contributed by atoms with van der Waals surface area (Å²) in [5, 5.41) is 2.94. The number of amides is 1. The summed E-state index contributed by atoms with van der Waals surface area (Å²) in [4.78, 5) is 12.4. The van der Waals surface area contributed by atoms with Crippen molar-refractivity contribution in [3.8, 4) is 17.2 Å². The van der Waals surface area contributed by atoms with Gasteiger partial charge in [-0.15, -0.1) is 0 Å². The van der Waals surface area contributed by atoms with E-state index >= 15 is 0 Å². The lowest BCUT2D eigenvalue weighted by atomic mass is 10.1. The smallest absolute Gasteiger partial charge is 0.228 e. The van der Waals surface area contributed by atoms with Crippen molar-refractivity contribution in [2.45, 2.75) is 38.2 Å². The first kappa shape index (κ1) is 16.8. The van der Waals surface area contributed by atoms with Crippen LogP contribution in [-0.2, 0) is 11.2 Å². The van der Waals surface area contributed by atoms with Crippen LogP contribution in [0.5, 0.6) is 17.2 Å². The number of hydrogen-bond acceptors (Lipinski definition) is 4. The molecular weight excluding hydrogens is 330 g/mol. The molecule has 1 N–H and O–H groups in total. The second-order valence-corrected chi connectivity index (χ2v) is 6.76. The van der Waals surface area contributed by atoms with Gasteiger partial charge < -0.3 is 19.5 Å². The highest BCUT2D eigenvalue weighted by Gasteiger charge is 2.17. The fourth-order valence-electron chi connectivity index (χ4n) is 3.43. The highest BCUT2D eigenvalue weighted by molar-refractivity contribution is 5.92. The van der Waals surface area contributed by atoms with E-state index in [0.29, 0.717) is 25.1 Å². The maximum absolute atomic E-state index is 12.4. The number of hydrogen-bond donors (Lipinski definition) is 1. The van der Waals surface area contributed by atoms with Crippen molar-refractivity contribution >= 4 is 11.6 Å². The molecule has 2 aliphatic rings. The van der Waals surface area contributed by atoms with E-state index in [4.69, 9.17) is 14.2 Å². The highest BCUT2D eigenvalue weighted by Crippen LogP contribution is 2.31. The molecule has 1 fully saturated rings. The average Bonchev–Trinajstić information content (AvgIpc) is 3.15. The number of fused-ring (bicyclic) bond motifs is 1. The fraction of sp³-hybridized carbons (Fsp3) is 0.381. The molecule has 1 amide bonds. The summed E-state index contributed by atoms with van der Waals surface area (Å²) in [7, 11) is 0. The normalized spacial score (nSPS) is 16.3. The van der Waals surface area contributed by atoms with E-state index in [0.717, 1.165) is 35.6 Å². The lowest BCUT2D eigenvalue weighted by Gasteiger charge is -2.18. The number of anilines is 1. The summed E-state index contributed by atoms with van der Waals surface area (Å²) in [6, 6.07) is 13.2. The number of carbonyl (C=O) groups excluding carboxylic acids is 1. The van der Waals surface area contributed by atoms with Crippen LogP contribution < -0.4 is 19.5 Å². The van der Waals surface area contributed by atoms with Gasteiger partial charge in [0.1, 0.15) is 19.0 Å². The van der Waals surface area contributed by atoms with Gasteiger partial charge in [0, 0.05) is 11.8 Å². The fourth-order valence-corrected chi connectivity index (χ4v) is 3.43. The molecule has 1 heterocycles. The summed E-state index contributed by atoms with van der Waals surface area (Å²) in [5.41, 5.74) is 1.65. The number of nitrogens with one attached hydrogen (secondary N) is 1. The number of rotatable bonds is 5. The molecule has 136 valence electrons. The summed E-state index contributed by atoms with van der Waals surface area (Å²) in [6.07, 6.45) is 5.28. The van der Waals surface area contributed by atoms with Crippen LogP contribution in [0.1, 0.15) is 31.2 Å². The molecule has 4 rings (SSSR count). The van der Waals surface area contributed by atoms with Crippen molar-refractivity contribution in [3.63, 3.8) is 0 Å². The van der Waals surface area contributed by atoms with E-state index in [2.05, 4.69) is 5.32 Å². The van der Waals surface area contributed by atoms with Crippen molar-refractivity contribution < 1.29 is 19.0 Å². The average molecular weight is 353 g/mol. The van der Waals surface area contributed by atoms with E-state index in [-0.39, 0.29) is 12.3 Å². The van der Waals surface area contributed by atoms with Gasteiger partial charge in [-0.3, -0.25) is 4.79 Å². The van der Waals surface area contributed by atoms with Crippen molar-refractivity contribution in [1.29, 1.82) is 0 Å². The van der Waals surface area contributed by atoms with Gasteiger partial charge in [-0.05, 0) is 55.5 Å². The second kappa shape index (κ2) is 7.68. The molecule has 0 radical (unpaired) electrons. The quantitative estimate of drug-likeness (QED) is 0.884. The number of benzene rings is 2. The van der Waals surface area contributed by atoms with E-state index in [9.17, 15) is 4.79 Å². The number of carbonyl (C=O) groups is 1. The van der Waals surface area contributed by atoms with E-state index in [1.54, 1.807) is 0 Å². The third-order valence-corrected chi connectivity index (χ3v) is 4.69. The molecule has 0 bridgehead atoms. The third-order valence-electron chi connectivity index (χ3n) is 4.69. The topological polar surface area (TPSA) is 56.8 Å². The lowest BCUT2D eigenvalue weighted by molar-refractivity contribution is -0.115. The molecule has 5 nitrogen and oxygen atoms in total. The molecule has 5 heteroatoms. The van der Waals surface area contributed by atoms with Gasteiger partial charge in [0.2, 0.25) is 5.91 Å². The minimum Gasteiger partial charge on any atom is -0.490 e. The Morgan fingerprint density at radius 1 is 1.04 bits per heavy atom. The largest absolute Gasteiger partial charge is 0.490 e. The molecule has 1 saturated carbocycles. The Kier molecular flexibility index (Phi) is 4.95. The molecule has 2 aromatic carbocycles. The van der Waals surface area contributed by atoms with Gasteiger partial charge >= 0.3 is 0 Å². The predicted molar refractivity (Wildman–Crippen MR) is 99.1 cm³/mol. The zero-order valence-electron chi connectivity index (χ0n) is 14.7. The maximum Gasteiger partial charge on any atom is 0.228 e. The zero-order valence-corrected chi connectivity index (χ0v) is 14.7. The van der Waals surface area contributed by atoms with Gasteiger partial charge in [0.25, 0.3) is 0 Å². The van der Waals surface area contributed by atoms with Crippen molar-refractivity contribution in [1.82, 2.24) is 0 Å². The number of ether oxygens (including phenoxy) is 3. The molecule has 26 heavy (non-hydrogen) atoms. The van der Waals surface area contributed by atoms with Crippen LogP contribution in [0.3, 0.4) is 0 Å². The van der Waals surface area contributed by atoms with E-state index in [1.165, 1.54) is 12.8 Å². The van der Waals surface area contributed by atoms with Crippen LogP contribution in [0.4, 0.5) is 5.69 Å². The molecule has 0 spiro atoms. The Hall–Kier alpha value is -2.69. The third kappa shape index (κ3) is 4.10. The van der Waals surface area contributed by atoms with Gasteiger partial charge in [-0.25, -0.2) is 0 Å². The summed E-state index contributed by atoms with van der Waals surface area (Å²) in [5.74, 6) is 2.18. The van der Waals surface area contributed by atoms with Crippen molar-refractivity contribution in [2.75, 3.05) is 18.5 Å². The minimum absolute atomic E-state index is 0.0697. The summed E-state index contributed by atoms with van der Waals surface area (Å²) >= 11 is 0. The summed E-state index contributed by atoms with van der Waals surface area (Å²) < 4.78 is 17.1. The van der Waals surface area contributed by atoms with Gasteiger partial charge in [-0.1, -0.05) is 12.1 Å². The van der Waals surface area contributed by atoms with Crippen LogP contribution in [0.25, 0.3) is 0 Å². The molecule has 2 aromatic rings. The minimum atomic E-state index is -0.0697. The van der Waals surface area contributed by atoms with Gasteiger partial charge in [0.05, 0.1) is 12.5 Å². The maximum atomic E-state index is 12.4. The van der Waals surface area contributed by atoms with Gasteiger partial charge in [-0.2, -0.15) is 0 Å². The molecular formula is C21H23NO4. The lowest BCUT2D eigenvalue weighted by Crippen LogP contribution is -2.17. The molecule has 0 saturated heterocycles. The Morgan fingerprint density at radius 2 is 1.85 bits per heavy atom. The Labute approximate surface area is 153 Å². The van der Waals surface area contributed by atoms with Crippen LogP contribution in [-0.4, -0.2) is 25.2 Å². The SMILES string of the molecule is O=C(Cc1ccc2c(c1)OCCO2)Nc1cccc(OC2CCCC2)c1. The first-order valence-electron chi connectivity index (χ1n) is 9.21. The zero-order chi connectivity index (χ0) is 17.8. The highest BCUT2D eigenvalue weighted by atomic mass is 16.6. The first-order chi connectivity index (χ1) is 12.8. The van der Waals surface area contributed by atoms with Crippen LogP contribution in [0.15, 0.2) is 42.5 Å². The molecule has 0 unspecified atom stereocenters. The van der Waals surface area contributed by atoms with Crippen molar-refractivity contribution in [2.24, 2.45) is 0 Å². The standard InChI is InChI=1S/C21H23NO4/c23-21(13-15-8-9-19-20(12-15)25-11-10-24-19)22-16-4-3-7-18(14-16)26-17-5-1-2-6-17/h3-4,7-9,12,14,17H,1-2,5-6,10-11,13H2,(H,22,23). The monoisotopic (exact) mass is 353 g/mol. The second-order valence-electron chi connectivity index (χ2n) is 6.76. The predicted octanol–water partition coefficient (Wildman–Crippen LogP) is 3.96. The Morgan fingerprint density at radius 3 is 2.69 bits per heavy atom. The van der Waals surface area contributed by atoms with Crippen LogP contribution in [0.2, 0.25) is 0 Å². The first-order valence-corrected chi connectivity index (χ1v) is 9.21. The molecule has 0 aromatic heterocycles. The van der Waals surface area contributed by atoms with Crippen LogP contribution >= 0.6 is 0 Å². The van der Waals surface area contributed by atoms with Crippen LogP contribution in [0, 0.1) is 0 Å². The molecule has 1 aliphatic carbocycles. The Bertz CT molecular complexity index is 783. The van der Waals surface area contributed by atoms with E-state index in [1.807, 2.05) is 42.5 Å². The summed E-state index contributed by atoms with van der Waals surface area (Å²) in [6.45, 7) is 1.10. The Balaban J connectivity index is 1.37. The van der Waals surface area contributed by atoms with Crippen molar-refractivity contribution in [3.05, 3.63) is 48.0 Å². The van der Waals surface area contributed by atoms with Gasteiger partial charge in [0.15, 0.2) is 11.5 Å². The van der Waals surface area contributed by atoms with E-state index < -0.39 is 0 Å². The molecule has 0 atom stereocenters.